The zero-order valence-electron chi connectivity index (χ0n) is 20.9. The first-order valence-corrected chi connectivity index (χ1v) is 13.1. The van der Waals surface area contributed by atoms with Crippen molar-refractivity contribution >= 4 is 28.6 Å². The van der Waals surface area contributed by atoms with Gasteiger partial charge in [0.05, 0.1) is 13.2 Å². The Morgan fingerprint density at radius 1 is 0.946 bits per heavy atom. The van der Waals surface area contributed by atoms with Crippen LogP contribution in [0.1, 0.15) is 47.3 Å². The number of nitrogens with one attached hydrogen (secondary N) is 1. The summed E-state index contributed by atoms with van der Waals surface area (Å²) in [5.41, 5.74) is 4.66. The molecule has 2 amide bonds. The first-order valence-electron chi connectivity index (χ1n) is 12.3. The number of carbonyl (C=O) groups excluding carboxylic acids is 2. The standard InChI is InChI=1S/C29H30N2O5S/c1-3-8-22-19-23(26(31-34-2)20-9-5-4-6-10-20)13-16-25(22)36-18-7-17-35-24-14-11-21(12-15-24)27-28(32)30-29(33)37-27/h4-6,9-16,19,27H,3,7-8,17-18H2,1-2H3,(H,30,32,33)/b31-26-. The van der Waals surface area contributed by atoms with Gasteiger partial charge in [-0.1, -0.05) is 61.0 Å². The molecular formula is C29H30N2O5S. The lowest BCUT2D eigenvalue weighted by Crippen LogP contribution is -2.20. The Hall–Kier alpha value is -3.78. The van der Waals surface area contributed by atoms with E-state index in [2.05, 4.69) is 23.5 Å². The first-order chi connectivity index (χ1) is 18.1. The molecule has 0 radical (unpaired) electrons. The van der Waals surface area contributed by atoms with Crippen molar-refractivity contribution in [2.45, 2.75) is 31.4 Å². The van der Waals surface area contributed by atoms with Crippen LogP contribution < -0.4 is 14.8 Å². The molecule has 1 atom stereocenters. The summed E-state index contributed by atoms with van der Waals surface area (Å²) >= 11 is 0.993. The molecule has 0 aromatic heterocycles. The molecule has 8 heteroatoms. The summed E-state index contributed by atoms with van der Waals surface area (Å²) in [7, 11) is 1.55. The fourth-order valence-corrected chi connectivity index (χ4v) is 4.87. The van der Waals surface area contributed by atoms with Crippen LogP contribution in [0.25, 0.3) is 0 Å². The highest BCUT2D eigenvalue weighted by Gasteiger charge is 2.32. The van der Waals surface area contributed by atoms with Crippen molar-refractivity contribution in [3.8, 4) is 11.5 Å². The number of thioether (sulfide) groups is 1. The van der Waals surface area contributed by atoms with Gasteiger partial charge in [0, 0.05) is 17.5 Å². The third-order valence-corrected chi connectivity index (χ3v) is 6.81. The monoisotopic (exact) mass is 518 g/mol. The molecule has 37 heavy (non-hydrogen) atoms. The number of hydrogen-bond donors (Lipinski definition) is 1. The summed E-state index contributed by atoms with van der Waals surface area (Å²) < 4.78 is 11.9. The molecule has 3 aromatic carbocycles. The van der Waals surface area contributed by atoms with Crippen molar-refractivity contribution in [2.75, 3.05) is 20.3 Å². The van der Waals surface area contributed by atoms with Gasteiger partial charge in [-0.15, -0.1) is 0 Å². The highest BCUT2D eigenvalue weighted by atomic mass is 32.2. The normalized spacial score (nSPS) is 15.4. The number of imide groups is 1. The lowest BCUT2D eigenvalue weighted by molar-refractivity contribution is -0.119. The molecule has 1 N–H and O–H groups in total. The molecule has 1 aliphatic rings. The smallest absolute Gasteiger partial charge is 0.286 e. The third-order valence-electron chi connectivity index (χ3n) is 5.77. The Bertz CT molecular complexity index is 1240. The molecule has 7 nitrogen and oxygen atoms in total. The molecule has 192 valence electrons. The van der Waals surface area contributed by atoms with Gasteiger partial charge in [-0.2, -0.15) is 0 Å². The van der Waals surface area contributed by atoms with Crippen molar-refractivity contribution in [1.29, 1.82) is 0 Å². The summed E-state index contributed by atoms with van der Waals surface area (Å²) in [6, 6.07) is 23.4. The zero-order chi connectivity index (χ0) is 26.0. The SMILES string of the molecule is CCCc1cc(/C(=N\OC)c2ccccc2)ccc1OCCCOc1ccc(C2SC(=O)NC2=O)cc1. The number of aryl methyl sites for hydroxylation is 1. The summed E-state index contributed by atoms with van der Waals surface area (Å²) in [5, 5.41) is 5.76. The minimum absolute atomic E-state index is 0.279. The van der Waals surface area contributed by atoms with Crippen LogP contribution in [0.5, 0.6) is 11.5 Å². The summed E-state index contributed by atoms with van der Waals surface area (Å²) in [4.78, 5) is 28.3. The van der Waals surface area contributed by atoms with Gasteiger partial charge in [-0.05, 0) is 59.6 Å². The van der Waals surface area contributed by atoms with Crippen molar-refractivity contribution in [3.63, 3.8) is 0 Å². The van der Waals surface area contributed by atoms with E-state index in [0.717, 1.165) is 58.3 Å². The van der Waals surface area contributed by atoms with Crippen molar-refractivity contribution in [1.82, 2.24) is 5.32 Å². The van der Waals surface area contributed by atoms with E-state index in [9.17, 15) is 9.59 Å². The van der Waals surface area contributed by atoms with Crippen molar-refractivity contribution in [3.05, 3.63) is 95.1 Å². The maximum absolute atomic E-state index is 11.8. The Balaban J connectivity index is 1.31. The topological polar surface area (TPSA) is 86.2 Å². The molecular weight excluding hydrogens is 488 g/mol. The van der Waals surface area contributed by atoms with E-state index < -0.39 is 5.25 Å². The van der Waals surface area contributed by atoms with E-state index in [1.165, 1.54) is 0 Å². The van der Waals surface area contributed by atoms with E-state index in [1.807, 2.05) is 66.7 Å². The second-order valence-corrected chi connectivity index (χ2v) is 9.53. The van der Waals surface area contributed by atoms with E-state index >= 15 is 0 Å². The van der Waals surface area contributed by atoms with E-state index in [4.69, 9.17) is 14.3 Å². The Kier molecular flexibility index (Phi) is 9.21. The maximum atomic E-state index is 11.8. The average molecular weight is 519 g/mol. The minimum atomic E-state index is -0.497. The molecule has 0 bridgehead atoms. The van der Waals surface area contributed by atoms with Gasteiger partial charge < -0.3 is 14.3 Å². The van der Waals surface area contributed by atoms with Gasteiger partial charge in [0.25, 0.3) is 5.24 Å². The van der Waals surface area contributed by atoms with Crippen molar-refractivity contribution in [2.24, 2.45) is 5.16 Å². The molecule has 3 aromatic rings. The minimum Gasteiger partial charge on any atom is -0.493 e. The number of ether oxygens (including phenoxy) is 2. The Morgan fingerprint density at radius 2 is 1.70 bits per heavy atom. The van der Waals surface area contributed by atoms with Crippen LogP contribution >= 0.6 is 11.8 Å². The van der Waals surface area contributed by atoms with Gasteiger partial charge in [-0.25, -0.2) is 0 Å². The van der Waals surface area contributed by atoms with Crippen LogP contribution in [-0.2, 0) is 16.1 Å². The van der Waals surface area contributed by atoms with Gasteiger partial charge in [0.15, 0.2) is 0 Å². The number of hydrogen-bond acceptors (Lipinski definition) is 7. The molecule has 1 saturated heterocycles. The van der Waals surface area contributed by atoms with Crippen LogP contribution in [0.15, 0.2) is 78.0 Å². The second-order valence-electron chi connectivity index (χ2n) is 8.46. The van der Waals surface area contributed by atoms with Gasteiger partial charge in [0.1, 0.15) is 29.6 Å². The molecule has 0 aliphatic carbocycles. The lowest BCUT2D eigenvalue weighted by Gasteiger charge is -2.14. The average Bonchev–Trinajstić information content (AvgIpc) is 3.26. The lowest BCUT2D eigenvalue weighted by atomic mass is 9.98. The molecule has 1 unspecified atom stereocenters. The maximum Gasteiger partial charge on any atom is 0.286 e. The number of oxime groups is 1. The van der Waals surface area contributed by atoms with Crippen LogP contribution in [-0.4, -0.2) is 37.2 Å². The molecule has 0 saturated carbocycles. The number of rotatable bonds is 12. The predicted molar refractivity (Wildman–Crippen MR) is 145 cm³/mol. The quantitative estimate of drug-likeness (QED) is 0.182. The Labute approximate surface area is 221 Å². The van der Waals surface area contributed by atoms with E-state index in [0.29, 0.717) is 25.4 Å². The van der Waals surface area contributed by atoms with Gasteiger partial charge >= 0.3 is 0 Å². The van der Waals surface area contributed by atoms with Crippen LogP contribution in [0.2, 0.25) is 0 Å². The number of nitrogens with zero attached hydrogens (tertiary/aromatic N) is 1. The summed E-state index contributed by atoms with van der Waals surface area (Å²) in [6.45, 7) is 3.16. The fourth-order valence-electron chi connectivity index (χ4n) is 4.04. The highest BCUT2D eigenvalue weighted by Crippen LogP contribution is 2.34. The fraction of sp³-hybridized carbons (Fsp3) is 0.276. The number of benzene rings is 3. The summed E-state index contributed by atoms with van der Waals surface area (Å²) in [6.07, 6.45) is 2.60. The highest BCUT2D eigenvalue weighted by molar-refractivity contribution is 8.15. The van der Waals surface area contributed by atoms with Gasteiger partial charge in [0.2, 0.25) is 5.91 Å². The molecule has 1 aliphatic heterocycles. The van der Waals surface area contributed by atoms with Crippen molar-refractivity contribution < 1.29 is 23.9 Å². The molecule has 1 fully saturated rings. The van der Waals surface area contributed by atoms with Crippen LogP contribution in [0.3, 0.4) is 0 Å². The molecule has 1 heterocycles. The summed E-state index contributed by atoms with van der Waals surface area (Å²) in [5.74, 6) is 1.29. The molecule has 0 spiro atoms. The number of carbonyl (C=O) groups is 2. The number of amides is 2. The molecule has 4 rings (SSSR count). The van der Waals surface area contributed by atoms with E-state index in [1.54, 1.807) is 7.11 Å². The second kappa shape index (κ2) is 13.0. The van der Waals surface area contributed by atoms with Gasteiger partial charge in [-0.3, -0.25) is 14.9 Å². The van der Waals surface area contributed by atoms with E-state index in [-0.39, 0.29) is 11.1 Å². The van der Waals surface area contributed by atoms with Crippen LogP contribution in [0, 0.1) is 0 Å². The first kappa shape index (κ1) is 26.3. The third kappa shape index (κ3) is 6.92. The Morgan fingerprint density at radius 3 is 2.38 bits per heavy atom. The largest absolute Gasteiger partial charge is 0.493 e. The predicted octanol–water partition coefficient (Wildman–Crippen LogP) is 5.91. The van der Waals surface area contributed by atoms with Crippen LogP contribution in [0.4, 0.5) is 4.79 Å². The zero-order valence-corrected chi connectivity index (χ0v) is 21.8.